The van der Waals surface area contributed by atoms with Crippen LogP contribution in [-0.4, -0.2) is 25.0 Å². The lowest BCUT2D eigenvalue weighted by molar-refractivity contribution is 0.335. The summed E-state index contributed by atoms with van der Waals surface area (Å²) in [6.45, 7) is 8.17. The zero-order valence-corrected chi connectivity index (χ0v) is 17.3. The van der Waals surface area contributed by atoms with E-state index in [1.807, 2.05) is 6.92 Å². The van der Waals surface area contributed by atoms with Crippen molar-refractivity contribution in [3.8, 4) is 0 Å². The molecular weight excluding hydrogens is 362 g/mol. The highest BCUT2D eigenvalue weighted by Crippen LogP contribution is 2.61. The zero-order chi connectivity index (χ0) is 19.7. The van der Waals surface area contributed by atoms with Gasteiger partial charge < -0.3 is 19.6 Å². The van der Waals surface area contributed by atoms with E-state index < -0.39 is 20.6 Å². The summed E-state index contributed by atoms with van der Waals surface area (Å²) < 4.78 is 22.4. The molecule has 8 heteroatoms. The van der Waals surface area contributed by atoms with Gasteiger partial charge in [0.2, 0.25) is 0 Å². The lowest BCUT2D eigenvalue weighted by Crippen LogP contribution is -2.08. The molecule has 0 rings (SSSR count). The van der Waals surface area contributed by atoms with Gasteiger partial charge in [0.25, 0.3) is 0 Å². The van der Waals surface area contributed by atoms with E-state index in [0.717, 1.165) is 31.3 Å². The first-order chi connectivity index (χ1) is 11.3. The maximum atomic E-state index is 11.2. The Morgan fingerprint density at radius 3 is 1.56 bits per heavy atom. The SMILES string of the molecule is CC(C)=CCCC(C)=CCCC(C)=CCCC(P(=O)(O)O)P(=O)(O)O. The van der Waals surface area contributed by atoms with Crippen molar-refractivity contribution >= 4 is 15.2 Å². The van der Waals surface area contributed by atoms with Crippen LogP contribution in [0.25, 0.3) is 0 Å². The summed E-state index contributed by atoms with van der Waals surface area (Å²) in [5.74, 6) is 0. The first kappa shape index (κ1) is 24.5. The van der Waals surface area contributed by atoms with Crippen LogP contribution in [0.5, 0.6) is 0 Å². The normalized spacial score (nSPS) is 14.1. The summed E-state index contributed by atoms with van der Waals surface area (Å²) in [6, 6.07) is 0. The smallest absolute Gasteiger partial charge is 0.324 e. The minimum absolute atomic E-state index is 0.232. The molecule has 0 aromatic heterocycles. The predicted octanol–water partition coefficient (Wildman–Crippen LogP) is 4.87. The van der Waals surface area contributed by atoms with Gasteiger partial charge in [-0.2, -0.15) is 0 Å². The molecule has 0 spiro atoms. The van der Waals surface area contributed by atoms with Gasteiger partial charge in [-0.25, -0.2) is 0 Å². The lowest BCUT2D eigenvalue weighted by Gasteiger charge is -2.18. The number of hydrogen-bond acceptors (Lipinski definition) is 2. The Morgan fingerprint density at radius 1 is 0.760 bits per heavy atom. The molecule has 0 unspecified atom stereocenters. The van der Waals surface area contributed by atoms with E-state index in [9.17, 15) is 9.13 Å². The topological polar surface area (TPSA) is 115 Å². The van der Waals surface area contributed by atoms with Crippen LogP contribution in [0.1, 0.15) is 66.2 Å². The van der Waals surface area contributed by atoms with Gasteiger partial charge in [-0.1, -0.05) is 34.9 Å². The third kappa shape index (κ3) is 12.5. The van der Waals surface area contributed by atoms with E-state index in [4.69, 9.17) is 19.6 Å². The van der Waals surface area contributed by atoms with Crippen molar-refractivity contribution in [2.75, 3.05) is 0 Å². The van der Waals surface area contributed by atoms with Gasteiger partial charge in [0.05, 0.1) is 0 Å². The summed E-state index contributed by atoms with van der Waals surface area (Å²) in [6.07, 6.45) is 9.95. The summed E-state index contributed by atoms with van der Waals surface area (Å²) in [5.41, 5.74) is 3.69. The highest BCUT2D eigenvalue weighted by molar-refractivity contribution is 7.70. The van der Waals surface area contributed by atoms with Gasteiger partial charge in [0, 0.05) is 0 Å². The Bertz CT molecular complexity index is 568. The Kier molecular flexibility index (Phi) is 11.1. The summed E-state index contributed by atoms with van der Waals surface area (Å²) >= 11 is 0. The Morgan fingerprint density at radius 2 is 1.16 bits per heavy atom. The fourth-order valence-electron chi connectivity index (χ4n) is 2.35. The van der Waals surface area contributed by atoms with Crippen molar-refractivity contribution in [2.45, 2.75) is 71.6 Å². The van der Waals surface area contributed by atoms with E-state index in [-0.39, 0.29) is 12.8 Å². The maximum Gasteiger partial charge on any atom is 0.340 e. The van der Waals surface area contributed by atoms with Crippen LogP contribution in [0, 0.1) is 0 Å². The molecule has 0 aliphatic carbocycles. The molecule has 146 valence electrons. The molecule has 0 aliphatic rings. The van der Waals surface area contributed by atoms with Gasteiger partial charge in [0.15, 0.2) is 5.40 Å². The standard InChI is InChI=1S/C17H32O6P2/c1-14(2)8-5-9-15(3)10-6-11-16(4)12-7-13-17(24(18,19)20)25(21,22)23/h8,10,12,17H,5-7,9,11,13H2,1-4H3,(H2,18,19,20)(H2,21,22,23). The third-order valence-corrected chi connectivity index (χ3v) is 7.69. The molecule has 0 atom stereocenters. The highest BCUT2D eigenvalue weighted by atomic mass is 31.2. The van der Waals surface area contributed by atoms with E-state index >= 15 is 0 Å². The second-order valence-electron chi connectivity index (χ2n) is 6.70. The van der Waals surface area contributed by atoms with Gasteiger partial charge >= 0.3 is 15.2 Å². The van der Waals surface area contributed by atoms with Crippen molar-refractivity contribution in [3.63, 3.8) is 0 Å². The third-order valence-electron chi connectivity index (χ3n) is 3.82. The van der Waals surface area contributed by atoms with E-state index in [1.165, 1.54) is 11.1 Å². The largest absolute Gasteiger partial charge is 0.340 e. The Hall–Kier alpha value is -0.480. The summed E-state index contributed by atoms with van der Waals surface area (Å²) in [7, 11) is -9.63. The molecule has 0 aliphatic heterocycles. The monoisotopic (exact) mass is 394 g/mol. The molecule has 0 fully saturated rings. The van der Waals surface area contributed by atoms with Gasteiger partial charge in [-0.15, -0.1) is 0 Å². The van der Waals surface area contributed by atoms with Gasteiger partial charge in [-0.05, 0) is 66.2 Å². The number of hydrogen-bond donors (Lipinski definition) is 4. The van der Waals surface area contributed by atoms with Crippen LogP contribution in [0.3, 0.4) is 0 Å². The second kappa shape index (κ2) is 11.3. The summed E-state index contributed by atoms with van der Waals surface area (Å²) in [4.78, 5) is 36.3. The van der Waals surface area contributed by atoms with Crippen molar-refractivity contribution in [2.24, 2.45) is 0 Å². The molecular formula is C17H32O6P2. The van der Waals surface area contributed by atoms with Crippen LogP contribution in [0.15, 0.2) is 34.9 Å². The first-order valence-electron chi connectivity index (χ1n) is 8.39. The van der Waals surface area contributed by atoms with Gasteiger partial charge in [0.1, 0.15) is 0 Å². The molecule has 0 bridgehead atoms. The molecule has 25 heavy (non-hydrogen) atoms. The Labute approximate surface area is 151 Å². The van der Waals surface area contributed by atoms with Crippen LogP contribution in [0.4, 0.5) is 0 Å². The zero-order valence-electron chi connectivity index (χ0n) is 15.6. The molecule has 0 saturated carbocycles. The molecule has 0 amide bonds. The Balaban J connectivity index is 4.40. The average Bonchev–Trinajstić information content (AvgIpc) is 2.40. The molecule has 0 radical (unpaired) electrons. The molecule has 0 heterocycles. The molecule has 0 aromatic carbocycles. The van der Waals surface area contributed by atoms with Gasteiger partial charge in [-0.3, -0.25) is 9.13 Å². The van der Waals surface area contributed by atoms with Crippen LogP contribution < -0.4 is 0 Å². The van der Waals surface area contributed by atoms with E-state index in [0.29, 0.717) is 0 Å². The van der Waals surface area contributed by atoms with Crippen molar-refractivity contribution in [1.29, 1.82) is 0 Å². The molecule has 4 N–H and O–H groups in total. The predicted molar refractivity (Wildman–Crippen MR) is 103 cm³/mol. The minimum atomic E-state index is -4.82. The van der Waals surface area contributed by atoms with Crippen molar-refractivity contribution in [3.05, 3.63) is 34.9 Å². The van der Waals surface area contributed by atoms with Crippen LogP contribution in [0.2, 0.25) is 0 Å². The van der Waals surface area contributed by atoms with E-state index in [2.05, 4.69) is 32.9 Å². The second-order valence-corrected chi connectivity index (χ2v) is 10.7. The fraction of sp³-hybridized carbons (Fsp3) is 0.647. The average molecular weight is 394 g/mol. The fourth-order valence-corrected chi connectivity index (χ4v) is 4.89. The minimum Gasteiger partial charge on any atom is -0.324 e. The van der Waals surface area contributed by atoms with Crippen molar-refractivity contribution < 1.29 is 28.7 Å². The van der Waals surface area contributed by atoms with Crippen LogP contribution in [-0.2, 0) is 9.13 Å². The lowest BCUT2D eigenvalue weighted by atomic mass is 10.1. The summed E-state index contributed by atoms with van der Waals surface area (Å²) in [5, 5.41) is -1.92. The van der Waals surface area contributed by atoms with Crippen LogP contribution >= 0.6 is 15.2 Å². The molecule has 0 saturated heterocycles. The molecule has 0 aromatic rings. The quantitative estimate of drug-likeness (QED) is 0.294. The first-order valence-corrected chi connectivity index (χ1v) is 11.8. The van der Waals surface area contributed by atoms with E-state index in [1.54, 1.807) is 6.08 Å². The van der Waals surface area contributed by atoms with Crippen molar-refractivity contribution in [1.82, 2.24) is 0 Å². The molecule has 6 nitrogen and oxygen atoms in total. The number of allylic oxidation sites excluding steroid dienone is 6. The number of rotatable bonds is 11. The maximum absolute atomic E-state index is 11.2. The highest BCUT2D eigenvalue weighted by Gasteiger charge is 2.42.